The van der Waals surface area contributed by atoms with Crippen molar-refractivity contribution in [2.24, 2.45) is 5.41 Å². The summed E-state index contributed by atoms with van der Waals surface area (Å²) >= 11 is 9.29. The Kier molecular flexibility index (Phi) is 3.41. The minimum atomic E-state index is -0.856. The van der Waals surface area contributed by atoms with Crippen LogP contribution in [0.2, 0.25) is 5.02 Å². The normalized spacial score (nSPS) is 16.8. The number of benzene rings is 1. The molecule has 1 aromatic rings. The number of carbonyl (C=O) groups excluding carboxylic acids is 1. The lowest BCUT2D eigenvalue weighted by atomic mass is 9.69. The van der Waals surface area contributed by atoms with Crippen LogP contribution in [-0.2, 0) is 4.79 Å². The van der Waals surface area contributed by atoms with Crippen LogP contribution < -0.4 is 5.32 Å². The average molecular weight is 314 g/mol. The number of rotatable bonds is 2. The third-order valence-corrected chi connectivity index (χ3v) is 3.86. The molecule has 0 bridgehead atoms. The van der Waals surface area contributed by atoms with E-state index in [0.717, 1.165) is 10.9 Å². The van der Waals surface area contributed by atoms with Crippen molar-refractivity contribution >= 4 is 39.1 Å². The van der Waals surface area contributed by atoms with E-state index in [1.807, 2.05) is 0 Å². The zero-order chi connectivity index (χ0) is 12.5. The number of nitrogens with one attached hydrogen (secondary N) is 1. The van der Waals surface area contributed by atoms with Crippen LogP contribution in [0.25, 0.3) is 0 Å². The Morgan fingerprint density at radius 1 is 1.53 bits per heavy atom. The second-order valence-corrected chi connectivity index (χ2v) is 5.45. The van der Waals surface area contributed by atoms with Gasteiger partial charge in [-0.05, 0) is 37.5 Å². The van der Waals surface area contributed by atoms with E-state index in [-0.39, 0.29) is 5.91 Å². The van der Waals surface area contributed by atoms with Gasteiger partial charge in [0.1, 0.15) is 5.41 Å². The molecule has 0 aromatic heterocycles. The second kappa shape index (κ2) is 4.67. The molecule has 1 aromatic carbocycles. The van der Waals surface area contributed by atoms with E-state index >= 15 is 0 Å². The summed E-state index contributed by atoms with van der Waals surface area (Å²) in [5, 5.41) is 12.2. The molecule has 0 unspecified atom stereocenters. The molecule has 0 spiro atoms. The molecule has 0 aliphatic heterocycles. The van der Waals surface area contributed by atoms with Crippen molar-refractivity contribution in [3.8, 4) is 6.07 Å². The van der Waals surface area contributed by atoms with Gasteiger partial charge in [0.25, 0.3) is 0 Å². The summed E-state index contributed by atoms with van der Waals surface area (Å²) in [6.07, 6.45) is 2.18. The Bertz CT molecular complexity index is 506. The maximum absolute atomic E-state index is 12.0. The topological polar surface area (TPSA) is 52.9 Å². The Balaban J connectivity index is 2.19. The zero-order valence-corrected chi connectivity index (χ0v) is 11.3. The van der Waals surface area contributed by atoms with E-state index in [9.17, 15) is 4.79 Å². The molecule has 1 fully saturated rings. The molecule has 1 amide bonds. The fraction of sp³-hybridized carbons (Fsp3) is 0.333. The number of amides is 1. The minimum absolute atomic E-state index is 0.258. The number of nitrogens with zero attached hydrogens (tertiary/aromatic N) is 1. The number of hydrogen-bond donors (Lipinski definition) is 1. The number of halogens is 2. The monoisotopic (exact) mass is 312 g/mol. The van der Waals surface area contributed by atoms with Crippen molar-refractivity contribution in [1.29, 1.82) is 5.26 Å². The molecular weight excluding hydrogens is 304 g/mol. The van der Waals surface area contributed by atoms with Gasteiger partial charge in [0, 0.05) is 4.47 Å². The van der Waals surface area contributed by atoms with Gasteiger partial charge in [-0.15, -0.1) is 0 Å². The summed E-state index contributed by atoms with van der Waals surface area (Å²) in [6, 6.07) is 7.32. The summed E-state index contributed by atoms with van der Waals surface area (Å²) < 4.78 is 0.830. The van der Waals surface area contributed by atoms with Crippen LogP contribution >= 0.6 is 27.5 Å². The fourth-order valence-corrected chi connectivity index (χ4v) is 2.28. The first-order valence-electron chi connectivity index (χ1n) is 5.25. The van der Waals surface area contributed by atoms with Gasteiger partial charge in [0.05, 0.1) is 16.8 Å². The first kappa shape index (κ1) is 12.4. The first-order valence-corrected chi connectivity index (χ1v) is 6.42. The predicted molar refractivity (Wildman–Crippen MR) is 69.7 cm³/mol. The highest BCUT2D eigenvalue weighted by atomic mass is 79.9. The van der Waals surface area contributed by atoms with Gasteiger partial charge in [-0.2, -0.15) is 5.26 Å². The van der Waals surface area contributed by atoms with E-state index < -0.39 is 5.41 Å². The number of anilines is 1. The maximum atomic E-state index is 12.0. The fourth-order valence-electron chi connectivity index (χ4n) is 1.76. The number of nitriles is 1. The highest BCUT2D eigenvalue weighted by Crippen LogP contribution is 2.41. The molecule has 3 nitrogen and oxygen atoms in total. The molecule has 2 rings (SSSR count). The molecule has 88 valence electrons. The summed E-state index contributed by atoms with van der Waals surface area (Å²) in [6.45, 7) is 0. The van der Waals surface area contributed by atoms with Gasteiger partial charge in [-0.1, -0.05) is 27.5 Å². The highest BCUT2D eigenvalue weighted by Gasteiger charge is 2.44. The van der Waals surface area contributed by atoms with E-state index in [1.165, 1.54) is 0 Å². The van der Waals surface area contributed by atoms with Crippen molar-refractivity contribution in [1.82, 2.24) is 0 Å². The third-order valence-electron chi connectivity index (χ3n) is 3.03. The first-order chi connectivity index (χ1) is 8.07. The van der Waals surface area contributed by atoms with Gasteiger partial charge in [0.2, 0.25) is 5.91 Å². The molecule has 1 N–H and O–H groups in total. The second-order valence-electron chi connectivity index (χ2n) is 4.13. The predicted octanol–water partition coefficient (Wildman–Crippen LogP) is 3.73. The van der Waals surface area contributed by atoms with E-state index in [1.54, 1.807) is 18.2 Å². The Labute approximate surface area is 113 Å². The van der Waals surface area contributed by atoms with Crippen LogP contribution in [0.3, 0.4) is 0 Å². The van der Waals surface area contributed by atoms with Gasteiger partial charge in [-0.25, -0.2) is 0 Å². The SMILES string of the molecule is N#CC1(C(=O)Nc2cc(Br)ccc2Cl)CCC1. The molecule has 17 heavy (non-hydrogen) atoms. The largest absolute Gasteiger partial charge is 0.323 e. The van der Waals surface area contributed by atoms with Crippen molar-refractivity contribution in [3.05, 3.63) is 27.7 Å². The van der Waals surface area contributed by atoms with Crippen LogP contribution in [0, 0.1) is 16.7 Å². The molecule has 0 heterocycles. The van der Waals surface area contributed by atoms with E-state index in [2.05, 4.69) is 27.3 Å². The van der Waals surface area contributed by atoms with E-state index in [4.69, 9.17) is 16.9 Å². The lowest BCUT2D eigenvalue weighted by Gasteiger charge is -2.33. The van der Waals surface area contributed by atoms with Gasteiger partial charge in [-0.3, -0.25) is 4.79 Å². The molecule has 0 saturated heterocycles. The zero-order valence-electron chi connectivity index (χ0n) is 8.96. The Morgan fingerprint density at radius 2 is 2.24 bits per heavy atom. The van der Waals surface area contributed by atoms with Crippen molar-refractivity contribution in [3.63, 3.8) is 0 Å². The van der Waals surface area contributed by atoms with Crippen LogP contribution in [0.4, 0.5) is 5.69 Å². The lowest BCUT2D eigenvalue weighted by Crippen LogP contribution is -2.40. The average Bonchev–Trinajstić information content (AvgIpc) is 2.23. The summed E-state index contributed by atoms with van der Waals surface area (Å²) in [7, 11) is 0. The molecule has 1 aliphatic carbocycles. The Hall–Kier alpha value is -1.05. The molecule has 5 heteroatoms. The Morgan fingerprint density at radius 3 is 2.76 bits per heavy atom. The molecular formula is C12H10BrClN2O. The summed E-state index contributed by atoms with van der Waals surface area (Å²) in [4.78, 5) is 12.0. The highest BCUT2D eigenvalue weighted by molar-refractivity contribution is 9.10. The van der Waals surface area contributed by atoms with Gasteiger partial charge < -0.3 is 5.32 Å². The summed E-state index contributed by atoms with van der Waals surface area (Å²) in [5.74, 6) is -0.258. The lowest BCUT2D eigenvalue weighted by molar-refractivity contribution is -0.126. The quantitative estimate of drug-likeness (QED) is 0.904. The molecule has 0 radical (unpaired) electrons. The summed E-state index contributed by atoms with van der Waals surface area (Å²) in [5.41, 5.74) is -0.321. The minimum Gasteiger partial charge on any atom is -0.323 e. The van der Waals surface area contributed by atoms with Crippen molar-refractivity contribution in [2.45, 2.75) is 19.3 Å². The van der Waals surface area contributed by atoms with Crippen LogP contribution in [0.5, 0.6) is 0 Å². The van der Waals surface area contributed by atoms with Gasteiger partial charge >= 0.3 is 0 Å². The molecule has 1 saturated carbocycles. The van der Waals surface area contributed by atoms with E-state index in [0.29, 0.717) is 23.6 Å². The van der Waals surface area contributed by atoms with Crippen LogP contribution in [-0.4, -0.2) is 5.91 Å². The van der Waals surface area contributed by atoms with Gasteiger partial charge in [0.15, 0.2) is 0 Å². The van der Waals surface area contributed by atoms with Crippen LogP contribution in [0.1, 0.15) is 19.3 Å². The standard InChI is InChI=1S/C12H10BrClN2O/c13-8-2-3-9(14)10(6-8)16-11(17)12(7-15)4-1-5-12/h2-3,6H,1,4-5H2,(H,16,17). The van der Waals surface area contributed by atoms with Crippen molar-refractivity contribution < 1.29 is 4.79 Å². The smallest absolute Gasteiger partial charge is 0.244 e. The third kappa shape index (κ3) is 2.31. The molecule has 0 atom stereocenters. The number of carbonyl (C=O) groups is 1. The van der Waals surface area contributed by atoms with Crippen molar-refractivity contribution in [2.75, 3.05) is 5.32 Å². The maximum Gasteiger partial charge on any atom is 0.244 e. The number of hydrogen-bond acceptors (Lipinski definition) is 2. The molecule has 1 aliphatic rings. The van der Waals surface area contributed by atoms with Crippen LogP contribution in [0.15, 0.2) is 22.7 Å².